The molecule has 2 nitrogen and oxygen atoms in total. The van der Waals surface area contributed by atoms with E-state index in [9.17, 15) is 8.42 Å². The molecule has 0 aliphatic heterocycles. The van der Waals surface area contributed by atoms with Gasteiger partial charge in [0.15, 0.2) is 9.84 Å². The van der Waals surface area contributed by atoms with Crippen LogP contribution in [0.3, 0.4) is 0 Å². The van der Waals surface area contributed by atoms with Gasteiger partial charge in [-0.05, 0) is 39.0 Å². The SMILES string of the molecule is CCC(C)(CCl)CCS(=O)(=O)C(C)(C)C. The molecule has 1 unspecified atom stereocenters. The Morgan fingerprint density at radius 3 is 1.87 bits per heavy atom. The molecule has 0 spiro atoms. The van der Waals surface area contributed by atoms with Crippen LogP contribution in [0.25, 0.3) is 0 Å². The zero-order valence-electron chi connectivity index (χ0n) is 10.4. The number of sulfone groups is 1. The van der Waals surface area contributed by atoms with Crippen LogP contribution in [0, 0.1) is 5.41 Å². The van der Waals surface area contributed by atoms with Gasteiger partial charge in [-0.3, -0.25) is 0 Å². The van der Waals surface area contributed by atoms with Crippen LogP contribution in [0.5, 0.6) is 0 Å². The molecule has 0 heterocycles. The van der Waals surface area contributed by atoms with Gasteiger partial charge >= 0.3 is 0 Å². The van der Waals surface area contributed by atoms with E-state index in [4.69, 9.17) is 11.6 Å². The van der Waals surface area contributed by atoms with E-state index in [1.165, 1.54) is 0 Å². The predicted octanol–water partition coefficient (Wildman–Crippen LogP) is 3.24. The first-order valence-corrected chi connectivity index (χ1v) is 7.55. The Morgan fingerprint density at radius 1 is 1.13 bits per heavy atom. The first-order chi connectivity index (χ1) is 6.58. The number of hydrogen-bond donors (Lipinski definition) is 0. The summed E-state index contributed by atoms with van der Waals surface area (Å²) in [4.78, 5) is 0. The molecule has 0 aromatic carbocycles. The molecule has 0 radical (unpaired) electrons. The van der Waals surface area contributed by atoms with Crippen LogP contribution in [-0.4, -0.2) is 24.8 Å². The highest BCUT2D eigenvalue weighted by Gasteiger charge is 2.31. The molecular formula is C11H23ClO2S. The van der Waals surface area contributed by atoms with Crippen molar-refractivity contribution in [2.45, 2.75) is 52.2 Å². The van der Waals surface area contributed by atoms with Crippen molar-refractivity contribution in [1.29, 1.82) is 0 Å². The molecule has 1 atom stereocenters. The summed E-state index contributed by atoms with van der Waals surface area (Å²) in [5.41, 5.74) is -0.0557. The molecule has 0 fully saturated rings. The average molecular weight is 255 g/mol. The third-order valence-electron chi connectivity index (χ3n) is 3.08. The molecule has 4 heteroatoms. The Morgan fingerprint density at radius 2 is 1.60 bits per heavy atom. The lowest BCUT2D eigenvalue weighted by molar-refractivity contribution is 0.344. The number of halogens is 1. The topological polar surface area (TPSA) is 34.1 Å². The van der Waals surface area contributed by atoms with Gasteiger partial charge in [-0.1, -0.05) is 13.8 Å². The van der Waals surface area contributed by atoms with Crippen molar-refractivity contribution in [1.82, 2.24) is 0 Å². The summed E-state index contributed by atoms with van der Waals surface area (Å²) in [5, 5.41) is 0. The highest BCUT2D eigenvalue weighted by molar-refractivity contribution is 7.92. The largest absolute Gasteiger partial charge is 0.228 e. The smallest absolute Gasteiger partial charge is 0.155 e. The Hall–Kier alpha value is 0.240. The number of rotatable bonds is 5. The minimum atomic E-state index is -3.01. The van der Waals surface area contributed by atoms with Gasteiger partial charge in [0.2, 0.25) is 0 Å². The van der Waals surface area contributed by atoms with Crippen molar-refractivity contribution in [3.8, 4) is 0 Å². The third kappa shape index (κ3) is 4.31. The predicted molar refractivity (Wildman–Crippen MR) is 67.3 cm³/mol. The van der Waals surface area contributed by atoms with Gasteiger partial charge in [0.25, 0.3) is 0 Å². The first-order valence-electron chi connectivity index (χ1n) is 5.36. The maximum absolute atomic E-state index is 11.9. The van der Waals surface area contributed by atoms with Crippen LogP contribution in [-0.2, 0) is 9.84 Å². The monoisotopic (exact) mass is 254 g/mol. The summed E-state index contributed by atoms with van der Waals surface area (Å²) >= 11 is 5.86. The second kappa shape index (κ2) is 5.05. The van der Waals surface area contributed by atoms with E-state index in [2.05, 4.69) is 0 Å². The van der Waals surface area contributed by atoms with Gasteiger partial charge in [-0.15, -0.1) is 11.6 Å². The van der Waals surface area contributed by atoms with Gasteiger partial charge in [0.05, 0.1) is 10.5 Å². The summed E-state index contributed by atoms with van der Waals surface area (Å²) in [6, 6.07) is 0. The van der Waals surface area contributed by atoms with E-state index >= 15 is 0 Å². The van der Waals surface area contributed by atoms with Crippen molar-refractivity contribution < 1.29 is 8.42 Å². The zero-order chi connectivity index (χ0) is 12.3. The van der Waals surface area contributed by atoms with E-state index < -0.39 is 14.6 Å². The minimum absolute atomic E-state index is 0.0557. The van der Waals surface area contributed by atoms with Crippen LogP contribution in [0.4, 0.5) is 0 Å². The molecule has 92 valence electrons. The molecule has 0 bridgehead atoms. The lowest BCUT2D eigenvalue weighted by Gasteiger charge is -2.27. The maximum Gasteiger partial charge on any atom is 0.155 e. The summed E-state index contributed by atoms with van der Waals surface area (Å²) in [5.74, 6) is 0.747. The summed E-state index contributed by atoms with van der Waals surface area (Å²) < 4.78 is 23.1. The highest BCUT2D eigenvalue weighted by Crippen LogP contribution is 2.29. The Labute approximate surface area is 99.3 Å². The molecule has 0 amide bonds. The van der Waals surface area contributed by atoms with Crippen molar-refractivity contribution in [2.24, 2.45) is 5.41 Å². The molecule has 0 N–H and O–H groups in total. The van der Waals surface area contributed by atoms with Crippen LogP contribution >= 0.6 is 11.6 Å². The molecule has 0 aromatic heterocycles. The van der Waals surface area contributed by atoms with Gasteiger partial charge in [-0.2, -0.15) is 0 Å². The van der Waals surface area contributed by atoms with Gasteiger partial charge in [0, 0.05) is 5.88 Å². The quantitative estimate of drug-likeness (QED) is 0.706. The minimum Gasteiger partial charge on any atom is -0.228 e. The molecule has 0 aliphatic carbocycles. The number of hydrogen-bond acceptors (Lipinski definition) is 2. The highest BCUT2D eigenvalue weighted by atomic mass is 35.5. The molecule has 0 aromatic rings. The van der Waals surface area contributed by atoms with E-state index in [1.54, 1.807) is 20.8 Å². The fourth-order valence-corrected chi connectivity index (χ4v) is 2.72. The molecule has 15 heavy (non-hydrogen) atoms. The van der Waals surface area contributed by atoms with E-state index in [1.807, 2.05) is 13.8 Å². The lowest BCUT2D eigenvalue weighted by Crippen LogP contribution is -2.33. The normalized spacial score (nSPS) is 17.5. The third-order valence-corrected chi connectivity index (χ3v) is 6.34. The molecule has 0 saturated heterocycles. The van der Waals surface area contributed by atoms with Gasteiger partial charge < -0.3 is 0 Å². The van der Waals surface area contributed by atoms with Crippen LogP contribution in [0.1, 0.15) is 47.5 Å². The second-order valence-electron chi connectivity index (χ2n) is 5.48. The van der Waals surface area contributed by atoms with E-state index in [-0.39, 0.29) is 11.2 Å². The van der Waals surface area contributed by atoms with Crippen LogP contribution < -0.4 is 0 Å². The molecule has 0 rings (SSSR count). The van der Waals surface area contributed by atoms with Crippen molar-refractivity contribution >= 4 is 21.4 Å². The number of alkyl halides is 1. The molecular weight excluding hydrogens is 232 g/mol. The van der Waals surface area contributed by atoms with Gasteiger partial charge in [0.1, 0.15) is 0 Å². The fraction of sp³-hybridized carbons (Fsp3) is 1.00. The summed E-state index contributed by atoms with van der Waals surface area (Å²) in [6.45, 7) is 9.31. The van der Waals surface area contributed by atoms with Gasteiger partial charge in [-0.25, -0.2) is 8.42 Å². The Balaban J connectivity index is 4.53. The summed E-state index contributed by atoms with van der Waals surface area (Å²) in [7, 11) is -3.01. The zero-order valence-corrected chi connectivity index (χ0v) is 12.0. The van der Waals surface area contributed by atoms with Crippen molar-refractivity contribution in [2.75, 3.05) is 11.6 Å². The van der Waals surface area contributed by atoms with Crippen molar-refractivity contribution in [3.63, 3.8) is 0 Å². The van der Waals surface area contributed by atoms with Crippen LogP contribution in [0.15, 0.2) is 0 Å². The molecule has 0 saturated carbocycles. The van der Waals surface area contributed by atoms with E-state index in [0.29, 0.717) is 12.3 Å². The second-order valence-corrected chi connectivity index (χ2v) is 8.61. The van der Waals surface area contributed by atoms with Crippen LogP contribution in [0.2, 0.25) is 0 Å². The Kier molecular flexibility index (Phi) is 5.13. The average Bonchev–Trinajstić information content (AvgIpc) is 2.13. The standard InChI is InChI=1S/C11H23ClO2S/c1-6-11(5,9-12)7-8-15(13,14)10(2,3)4/h6-9H2,1-5H3. The molecule has 0 aliphatic rings. The lowest BCUT2D eigenvalue weighted by atomic mass is 9.87. The van der Waals surface area contributed by atoms with Crippen molar-refractivity contribution in [3.05, 3.63) is 0 Å². The fourth-order valence-electron chi connectivity index (χ4n) is 1.03. The summed E-state index contributed by atoms with van der Waals surface area (Å²) in [6.07, 6.45) is 1.56. The Bertz CT molecular complexity index is 284. The maximum atomic E-state index is 11.9. The van der Waals surface area contributed by atoms with E-state index in [0.717, 1.165) is 6.42 Å². The first kappa shape index (κ1) is 15.2.